The number of amides is 2. The van der Waals surface area contributed by atoms with Crippen LogP contribution in [0.2, 0.25) is 0 Å². The third kappa shape index (κ3) is 3.81. The lowest BCUT2D eigenvalue weighted by molar-refractivity contribution is -0.121. The zero-order valence-corrected chi connectivity index (χ0v) is 11.8. The standard InChI is InChI=1S/C15H18N2O4/c1-10(18)11-2-4-13(5-3-11)16-14(19)12-6-8-17(9-7-12)15(20)21/h2-5,12H,6-9H2,1H3,(H,16,19)(H,20,21). The number of carbonyl (C=O) groups excluding carboxylic acids is 2. The molecule has 1 aliphatic rings. The van der Waals surface area contributed by atoms with Crippen LogP contribution in [0.5, 0.6) is 0 Å². The number of ketones is 1. The third-order valence-electron chi connectivity index (χ3n) is 3.70. The van der Waals surface area contributed by atoms with Crippen LogP contribution in [0.25, 0.3) is 0 Å². The SMILES string of the molecule is CC(=O)c1ccc(NC(=O)C2CCN(C(=O)O)CC2)cc1. The first-order chi connectivity index (χ1) is 9.97. The summed E-state index contributed by atoms with van der Waals surface area (Å²) in [6.07, 6.45) is 0.126. The summed E-state index contributed by atoms with van der Waals surface area (Å²) in [5.41, 5.74) is 1.24. The molecule has 112 valence electrons. The summed E-state index contributed by atoms with van der Waals surface area (Å²) < 4.78 is 0. The molecule has 0 radical (unpaired) electrons. The van der Waals surface area contributed by atoms with Gasteiger partial charge in [0.25, 0.3) is 0 Å². The van der Waals surface area contributed by atoms with E-state index < -0.39 is 6.09 Å². The Labute approximate surface area is 122 Å². The normalized spacial score (nSPS) is 15.6. The Balaban J connectivity index is 1.90. The van der Waals surface area contributed by atoms with Crippen LogP contribution in [0.1, 0.15) is 30.1 Å². The van der Waals surface area contributed by atoms with Gasteiger partial charge in [0.2, 0.25) is 5.91 Å². The fraction of sp³-hybridized carbons (Fsp3) is 0.400. The second-order valence-electron chi connectivity index (χ2n) is 5.17. The van der Waals surface area contributed by atoms with Crippen molar-refractivity contribution in [3.05, 3.63) is 29.8 Å². The van der Waals surface area contributed by atoms with E-state index in [4.69, 9.17) is 5.11 Å². The average molecular weight is 290 g/mol. The van der Waals surface area contributed by atoms with E-state index >= 15 is 0 Å². The topological polar surface area (TPSA) is 86.7 Å². The summed E-state index contributed by atoms with van der Waals surface area (Å²) in [6.45, 7) is 2.26. The zero-order valence-electron chi connectivity index (χ0n) is 11.8. The average Bonchev–Trinajstić information content (AvgIpc) is 2.47. The minimum absolute atomic E-state index is 0.0195. The van der Waals surface area contributed by atoms with Crippen LogP contribution in [0.15, 0.2) is 24.3 Å². The molecule has 1 aromatic carbocycles. The van der Waals surface area contributed by atoms with Crippen LogP contribution >= 0.6 is 0 Å². The number of nitrogens with one attached hydrogen (secondary N) is 1. The van der Waals surface area contributed by atoms with Gasteiger partial charge >= 0.3 is 6.09 Å². The number of rotatable bonds is 3. The molecule has 0 saturated carbocycles. The van der Waals surface area contributed by atoms with E-state index in [0.717, 1.165) is 0 Å². The van der Waals surface area contributed by atoms with Crippen molar-refractivity contribution in [1.82, 2.24) is 4.90 Å². The highest BCUT2D eigenvalue weighted by atomic mass is 16.4. The molecule has 1 fully saturated rings. The zero-order chi connectivity index (χ0) is 15.4. The first-order valence-electron chi connectivity index (χ1n) is 6.87. The van der Waals surface area contributed by atoms with Crippen LogP contribution in [-0.4, -0.2) is 40.9 Å². The molecule has 0 aliphatic carbocycles. The lowest BCUT2D eigenvalue weighted by atomic mass is 9.96. The fourth-order valence-corrected chi connectivity index (χ4v) is 2.37. The van der Waals surface area contributed by atoms with Crippen molar-refractivity contribution >= 4 is 23.5 Å². The molecule has 2 amide bonds. The predicted octanol–water partition coefficient (Wildman–Crippen LogP) is 2.22. The van der Waals surface area contributed by atoms with Crippen molar-refractivity contribution in [2.75, 3.05) is 18.4 Å². The van der Waals surface area contributed by atoms with Crippen molar-refractivity contribution in [3.8, 4) is 0 Å². The number of piperidine rings is 1. The van der Waals surface area contributed by atoms with E-state index in [0.29, 0.717) is 37.2 Å². The molecule has 0 unspecified atom stereocenters. The summed E-state index contributed by atoms with van der Waals surface area (Å²) in [5, 5.41) is 11.7. The monoisotopic (exact) mass is 290 g/mol. The number of hydrogen-bond donors (Lipinski definition) is 2. The Hall–Kier alpha value is -2.37. The molecule has 0 aromatic heterocycles. The molecular formula is C15H18N2O4. The minimum Gasteiger partial charge on any atom is -0.465 e. The van der Waals surface area contributed by atoms with Crippen molar-refractivity contribution < 1.29 is 19.5 Å². The van der Waals surface area contributed by atoms with Crippen LogP contribution in [0, 0.1) is 5.92 Å². The third-order valence-corrected chi connectivity index (χ3v) is 3.70. The van der Waals surface area contributed by atoms with Gasteiger partial charge in [0.05, 0.1) is 0 Å². The molecule has 6 nitrogen and oxygen atoms in total. The summed E-state index contributed by atoms with van der Waals surface area (Å²) in [7, 11) is 0. The van der Waals surface area contributed by atoms with Gasteiger partial charge in [-0.2, -0.15) is 0 Å². The highest BCUT2D eigenvalue weighted by molar-refractivity contribution is 5.96. The lowest BCUT2D eigenvalue weighted by Gasteiger charge is -2.29. The Morgan fingerprint density at radius 3 is 2.19 bits per heavy atom. The van der Waals surface area contributed by atoms with Crippen LogP contribution < -0.4 is 5.32 Å². The largest absolute Gasteiger partial charge is 0.465 e. The highest BCUT2D eigenvalue weighted by Crippen LogP contribution is 2.20. The number of likely N-dealkylation sites (tertiary alicyclic amines) is 1. The first kappa shape index (κ1) is 15.0. The molecule has 2 rings (SSSR count). The maximum Gasteiger partial charge on any atom is 0.407 e. The Morgan fingerprint density at radius 2 is 1.71 bits per heavy atom. The van der Waals surface area contributed by atoms with E-state index in [9.17, 15) is 14.4 Å². The fourth-order valence-electron chi connectivity index (χ4n) is 2.37. The molecule has 1 saturated heterocycles. The van der Waals surface area contributed by atoms with Gasteiger partial charge < -0.3 is 15.3 Å². The number of anilines is 1. The number of benzene rings is 1. The maximum absolute atomic E-state index is 12.1. The minimum atomic E-state index is -0.936. The van der Waals surface area contributed by atoms with Crippen LogP contribution in [-0.2, 0) is 4.79 Å². The van der Waals surface area contributed by atoms with Crippen molar-refractivity contribution in [2.24, 2.45) is 5.92 Å². The molecule has 0 bridgehead atoms. The van der Waals surface area contributed by atoms with Gasteiger partial charge in [-0.15, -0.1) is 0 Å². The molecule has 6 heteroatoms. The van der Waals surface area contributed by atoms with Gasteiger partial charge in [-0.3, -0.25) is 9.59 Å². The van der Waals surface area contributed by atoms with Crippen molar-refractivity contribution in [2.45, 2.75) is 19.8 Å². The molecule has 21 heavy (non-hydrogen) atoms. The van der Waals surface area contributed by atoms with Gasteiger partial charge in [0, 0.05) is 30.3 Å². The molecule has 1 aromatic rings. The van der Waals surface area contributed by atoms with E-state index in [1.807, 2.05) is 0 Å². The van der Waals surface area contributed by atoms with Crippen LogP contribution in [0.4, 0.5) is 10.5 Å². The Morgan fingerprint density at radius 1 is 1.14 bits per heavy atom. The van der Waals surface area contributed by atoms with Gasteiger partial charge in [-0.1, -0.05) is 0 Å². The summed E-state index contributed by atoms with van der Waals surface area (Å²) >= 11 is 0. The van der Waals surface area contributed by atoms with Gasteiger partial charge in [-0.25, -0.2) is 4.79 Å². The highest BCUT2D eigenvalue weighted by Gasteiger charge is 2.27. The molecular weight excluding hydrogens is 272 g/mol. The van der Waals surface area contributed by atoms with Gasteiger partial charge in [-0.05, 0) is 44.0 Å². The summed E-state index contributed by atoms with van der Waals surface area (Å²) in [6, 6.07) is 6.73. The van der Waals surface area contributed by atoms with Crippen molar-refractivity contribution in [3.63, 3.8) is 0 Å². The van der Waals surface area contributed by atoms with E-state index in [-0.39, 0.29) is 17.6 Å². The molecule has 1 aliphatic heterocycles. The van der Waals surface area contributed by atoms with E-state index in [1.54, 1.807) is 24.3 Å². The van der Waals surface area contributed by atoms with E-state index in [2.05, 4.69) is 5.32 Å². The Bertz CT molecular complexity index is 545. The second-order valence-corrected chi connectivity index (χ2v) is 5.17. The first-order valence-corrected chi connectivity index (χ1v) is 6.87. The predicted molar refractivity (Wildman–Crippen MR) is 77.4 cm³/mol. The lowest BCUT2D eigenvalue weighted by Crippen LogP contribution is -2.40. The second kappa shape index (κ2) is 6.39. The molecule has 0 spiro atoms. The number of carbonyl (C=O) groups is 3. The maximum atomic E-state index is 12.1. The quantitative estimate of drug-likeness (QED) is 0.836. The molecule has 0 atom stereocenters. The Kier molecular flexibility index (Phi) is 4.57. The smallest absolute Gasteiger partial charge is 0.407 e. The van der Waals surface area contributed by atoms with Gasteiger partial charge in [0.15, 0.2) is 5.78 Å². The summed E-state index contributed by atoms with van der Waals surface area (Å²) in [4.78, 5) is 35.4. The number of carboxylic acid groups (broad SMARTS) is 1. The van der Waals surface area contributed by atoms with E-state index in [1.165, 1.54) is 11.8 Å². The number of Topliss-reactive ketones (excluding diaryl/α,β-unsaturated/α-hetero) is 1. The molecule has 2 N–H and O–H groups in total. The van der Waals surface area contributed by atoms with Crippen molar-refractivity contribution in [1.29, 1.82) is 0 Å². The number of nitrogens with zero attached hydrogens (tertiary/aromatic N) is 1. The van der Waals surface area contributed by atoms with Gasteiger partial charge in [0.1, 0.15) is 0 Å². The van der Waals surface area contributed by atoms with Crippen LogP contribution in [0.3, 0.4) is 0 Å². The molecule has 1 heterocycles. The number of hydrogen-bond acceptors (Lipinski definition) is 3. The summed E-state index contributed by atoms with van der Waals surface area (Å²) in [5.74, 6) is -0.294.